The molecular formula is C19H26N4O2. The van der Waals surface area contributed by atoms with E-state index < -0.39 is 0 Å². The molecule has 1 saturated heterocycles. The number of carbonyl (C=O) groups excluding carboxylic acids is 1. The molecule has 0 aliphatic carbocycles. The van der Waals surface area contributed by atoms with Crippen LogP contribution in [0.3, 0.4) is 0 Å². The molecule has 1 aliphatic heterocycles. The monoisotopic (exact) mass is 342 g/mol. The fourth-order valence-electron chi connectivity index (χ4n) is 3.37. The van der Waals surface area contributed by atoms with E-state index in [0.717, 1.165) is 37.4 Å². The van der Waals surface area contributed by atoms with Crippen molar-refractivity contribution >= 4 is 5.91 Å². The van der Waals surface area contributed by atoms with Gasteiger partial charge in [0.15, 0.2) is 0 Å². The van der Waals surface area contributed by atoms with Gasteiger partial charge in [-0.15, -0.1) is 0 Å². The second-order valence-electron chi connectivity index (χ2n) is 6.48. The van der Waals surface area contributed by atoms with Crippen LogP contribution in [-0.2, 0) is 11.3 Å². The second-order valence-corrected chi connectivity index (χ2v) is 6.48. The molecule has 6 heteroatoms. The predicted molar refractivity (Wildman–Crippen MR) is 96.4 cm³/mol. The molecule has 1 aliphatic rings. The van der Waals surface area contributed by atoms with Crippen molar-refractivity contribution in [2.45, 2.75) is 25.4 Å². The molecule has 0 radical (unpaired) electrons. The van der Waals surface area contributed by atoms with E-state index in [0.29, 0.717) is 13.0 Å². The van der Waals surface area contributed by atoms with E-state index in [1.807, 2.05) is 33.9 Å². The van der Waals surface area contributed by atoms with Gasteiger partial charge in [0, 0.05) is 50.6 Å². The van der Waals surface area contributed by atoms with Crippen LogP contribution < -0.4 is 4.74 Å². The summed E-state index contributed by atoms with van der Waals surface area (Å²) in [5, 5.41) is 0. The molecule has 0 bridgehead atoms. The van der Waals surface area contributed by atoms with Gasteiger partial charge in [-0.1, -0.05) is 18.2 Å². The highest BCUT2D eigenvalue weighted by molar-refractivity contribution is 5.76. The van der Waals surface area contributed by atoms with Crippen LogP contribution in [0.1, 0.15) is 24.4 Å². The molecule has 3 rings (SSSR count). The zero-order valence-corrected chi connectivity index (χ0v) is 15.0. The van der Waals surface area contributed by atoms with Crippen LogP contribution in [0.25, 0.3) is 0 Å². The number of nitrogens with zero attached hydrogens (tertiary/aromatic N) is 4. The number of aryl methyl sites for hydroxylation is 1. The largest absolute Gasteiger partial charge is 0.496 e. The zero-order valence-electron chi connectivity index (χ0n) is 15.0. The Morgan fingerprint density at radius 1 is 1.32 bits per heavy atom. The summed E-state index contributed by atoms with van der Waals surface area (Å²) in [5.41, 5.74) is 1.14. The molecule has 1 aromatic carbocycles. The summed E-state index contributed by atoms with van der Waals surface area (Å²) in [5.74, 6) is 1.11. The number of methoxy groups -OCH3 is 1. The molecule has 25 heavy (non-hydrogen) atoms. The van der Waals surface area contributed by atoms with Crippen molar-refractivity contribution in [1.82, 2.24) is 19.4 Å². The van der Waals surface area contributed by atoms with Crippen LogP contribution in [0.15, 0.2) is 43.0 Å². The quantitative estimate of drug-likeness (QED) is 0.807. The first kappa shape index (κ1) is 17.5. The van der Waals surface area contributed by atoms with E-state index in [9.17, 15) is 4.79 Å². The molecule has 0 spiro atoms. The third kappa shape index (κ3) is 4.20. The van der Waals surface area contributed by atoms with Gasteiger partial charge in [0.25, 0.3) is 0 Å². The molecular weight excluding hydrogens is 316 g/mol. The molecule has 1 amide bonds. The lowest BCUT2D eigenvalue weighted by molar-refractivity contribution is -0.134. The Labute approximate surface area is 149 Å². The topological polar surface area (TPSA) is 50.6 Å². The Kier molecular flexibility index (Phi) is 5.71. The van der Waals surface area contributed by atoms with Crippen molar-refractivity contribution in [2.75, 3.05) is 33.8 Å². The van der Waals surface area contributed by atoms with E-state index in [2.05, 4.69) is 23.0 Å². The van der Waals surface area contributed by atoms with Crippen LogP contribution in [0.2, 0.25) is 0 Å². The lowest BCUT2D eigenvalue weighted by Gasteiger charge is -2.40. The number of hydrogen-bond acceptors (Lipinski definition) is 4. The summed E-state index contributed by atoms with van der Waals surface area (Å²) in [6.07, 6.45) is 6.89. The molecule has 6 nitrogen and oxygen atoms in total. The highest BCUT2D eigenvalue weighted by Crippen LogP contribution is 2.31. The number of imidazole rings is 1. The maximum Gasteiger partial charge on any atom is 0.222 e. The fourth-order valence-corrected chi connectivity index (χ4v) is 3.37. The lowest BCUT2D eigenvalue weighted by atomic mass is 10.0. The maximum absolute atomic E-state index is 12.6. The molecule has 2 aromatic rings. The van der Waals surface area contributed by atoms with Crippen molar-refractivity contribution in [3.63, 3.8) is 0 Å². The number of aromatic nitrogens is 2. The van der Waals surface area contributed by atoms with Crippen LogP contribution in [-0.4, -0.2) is 59.0 Å². The third-order valence-electron chi connectivity index (χ3n) is 4.86. The average Bonchev–Trinajstić information content (AvgIpc) is 3.15. The highest BCUT2D eigenvalue weighted by atomic mass is 16.5. The van der Waals surface area contributed by atoms with Gasteiger partial charge in [0.1, 0.15) is 5.75 Å². The summed E-state index contributed by atoms with van der Waals surface area (Å²) in [4.78, 5) is 20.9. The number of para-hydroxylation sites is 1. The van der Waals surface area contributed by atoms with Gasteiger partial charge < -0.3 is 14.2 Å². The number of benzene rings is 1. The van der Waals surface area contributed by atoms with Gasteiger partial charge in [-0.2, -0.15) is 0 Å². The third-order valence-corrected chi connectivity index (χ3v) is 4.86. The molecule has 1 aromatic heterocycles. The first-order valence-electron chi connectivity index (χ1n) is 8.75. The van der Waals surface area contributed by atoms with Crippen LogP contribution >= 0.6 is 0 Å². The van der Waals surface area contributed by atoms with Gasteiger partial charge in [-0.3, -0.25) is 9.69 Å². The minimum absolute atomic E-state index is 0.169. The smallest absolute Gasteiger partial charge is 0.222 e. The normalized spacial score (nSPS) is 18.3. The van der Waals surface area contributed by atoms with E-state index in [1.54, 1.807) is 19.6 Å². The van der Waals surface area contributed by atoms with Crippen LogP contribution in [0.4, 0.5) is 0 Å². The van der Waals surface area contributed by atoms with Crippen molar-refractivity contribution < 1.29 is 9.53 Å². The molecule has 1 fully saturated rings. The summed E-state index contributed by atoms with van der Waals surface area (Å²) in [6, 6.07) is 8.24. The molecule has 0 unspecified atom stereocenters. The predicted octanol–water partition coefficient (Wildman–Crippen LogP) is 2.19. The number of carbonyl (C=O) groups is 1. The SMILES string of the molecule is COc1ccccc1[C@@H]1CN(C(=O)CCCn2ccnc2)CCN1C. The van der Waals surface area contributed by atoms with Crippen molar-refractivity contribution in [2.24, 2.45) is 0 Å². The average molecular weight is 342 g/mol. The van der Waals surface area contributed by atoms with Gasteiger partial charge >= 0.3 is 0 Å². The lowest BCUT2D eigenvalue weighted by Crippen LogP contribution is -2.49. The minimum atomic E-state index is 0.169. The first-order valence-corrected chi connectivity index (χ1v) is 8.75. The summed E-state index contributed by atoms with van der Waals surface area (Å²) < 4.78 is 7.52. The van der Waals surface area contributed by atoms with Gasteiger partial charge in [0.2, 0.25) is 5.91 Å². The molecule has 134 valence electrons. The number of amides is 1. The van der Waals surface area contributed by atoms with Crippen molar-refractivity contribution in [3.8, 4) is 5.75 Å². The van der Waals surface area contributed by atoms with E-state index in [1.165, 1.54) is 0 Å². The fraction of sp³-hybridized carbons (Fsp3) is 0.474. The Hall–Kier alpha value is -2.34. The Morgan fingerprint density at radius 2 is 2.16 bits per heavy atom. The van der Waals surface area contributed by atoms with Crippen molar-refractivity contribution in [1.29, 1.82) is 0 Å². The summed E-state index contributed by atoms with van der Waals surface area (Å²) in [6.45, 7) is 3.19. The van der Waals surface area contributed by atoms with Gasteiger partial charge in [-0.25, -0.2) is 4.98 Å². The highest BCUT2D eigenvalue weighted by Gasteiger charge is 2.29. The maximum atomic E-state index is 12.6. The van der Waals surface area contributed by atoms with Gasteiger partial charge in [-0.05, 0) is 19.5 Å². The Balaban J connectivity index is 1.60. The standard InChI is InChI=1S/C19H26N4O2/c1-21-12-13-23(19(24)8-5-10-22-11-9-20-15-22)14-17(21)16-6-3-4-7-18(16)25-2/h3-4,6-7,9,11,15,17H,5,8,10,12-14H2,1-2H3/t17-/m0/s1. The van der Waals surface area contributed by atoms with E-state index >= 15 is 0 Å². The Bertz CT molecular complexity index is 686. The number of piperazine rings is 1. The zero-order chi connectivity index (χ0) is 17.6. The number of hydrogen-bond donors (Lipinski definition) is 0. The van der Waals surface area contributed by atoms with Gasteiger partial charge in [0.05, 0.1) is 19.5 Å². The summed E-state index contributed by atoms with van der Waals surface area (Å²) in [7, 11) is 3.80. The molecule has 1 atom stereocenters. The molecule has 0 N–H and O–H groups in total. The number of ether oxygens (including phenoxy) is 1. The first-order chi connectivity index (χ1) is 12.2. The number of likely N-dealkylation sites (N-methyl/N-ethyl adjacent to an activating group) is 1. The van der Waals surface area contributed by atoms with Crippen LogP contribution in [0, 0.1) is 0 Å². The van der Waals surface area contributed by atoms with E-state index in [-0.39, 0.29) is 11.9 Å². The summed E-state index contributed by atoms with van der Waals surface area (Å²) >= 11 is 0. The van der Waals surface area contributed by atoms with E-state index in [4.69, 9.17) is 4.74 Å². The molecule has 0 saturated carbocycles. The van der Waals surface area contributed by atoms with Crippen molar-refractivity contribution in [3.05, 3.63) is 48.5 Å². The molecule has 2 heterocycles. The second kappa shape index (κ2) is 8.16. The Morgan fingerprint density at radius 3 is 2.92 bits per heavy atom. The number of rotatable bonds is 6. The minimum Gasteiger partial charge on any atom is -0.496 e. The van der Waals surface area contributed by atoms with Crippen LogP contribution in [0.5, 0.6) is 5.75 Å².